The Bertz CT molecular complexity index is 1010. The molecule has 2 aromatic rings. The monoisotopic (exact) mass is 469 g/mol. The average Bonchev–Trinajstić information content (AvgIpc) is 3.33. The van der Waals surface area contributed by atoms with E-state index in [1.54, 1.807) is 30.1 Å². The van der Waals surface area contributed by atoms with Crippen LogP contribution in [0.25, 0.3) is 0 Å². The van der Waals surface area contributed by atoms with E-state index >= 15 is 0 Å². The van der Waals surface area contributed by atoms with Crippen LogP contribution in [0.2, 0.25) is 4.34 Å². The van der Waals surface area contributed by atoms with E-state index in [-0.39, 0.29) is 18.7 Å². The number of hydrogen-bond donors (Lipinski definition) is 2. The molecule has 3 heterocycles. The second kappa shape index (κ2) is 8.46. The average molecular weight is 470 g/mol. The standard InChI is InChI=1S/C21H22ClF2N3O3S/c1-27-8-6-13-10-14(2-3-15(13)21(23,24)11-27)25-19(29)20(7-9-30-12-20)26-18(28)16-4-5-17(22)31-16/h2-5,10H,6-9,11-12H2,1H3,(H,25,29)(H,26,28). The third kappa shape index (κ3) is 4.59. The molecule has 4 rings (SSSR count). The molecule has 2 amide bonds. The maximum atomic E-state index is 14.5. The van der Waals surface area contributed by atoms with E-state index in [2.05, 4.69) is 10.6 Å². The number of nitrogens with one attached hydrogen (secondary N) is 2. The van der Waals surface area contributed by atoms with Crippen LogP contribution in [0.15, 0.2) is 30.3 Å². The van der Waals surface area contributed by atoms with Crippen molar-refractivity contribution in [2.45, 2.75) is 24.3 Å². The molecule has 0 aliphatic carbocycles. The van der Waals surface area contributed by atoms with Gasteiger partial charge < -0.3 is 15.4 Å². The first-order chi connectivity index (χ1) is 14.7. The quantitative estimate of drug-likeness (QED) is 0.719. The smallest absolute Gasteiger partial charge is 0.285 e. The van der Waals surface area contributed by atoms with Crippen LogP contribution < -0.4 is 10.6 Å². The zero-order valence-electron chi connectivity index (χ0n) is 16.8. The molecule has 1 aromatic heterocycles. The Morgan fingerprint density at radius 1 is 1.26 bits per heavy atom. The van der Waals surface area contributed by atoms with E-state index in [0.29, 0.717) is 46.5 Å². The highest BCUT2D eigenvalue weighted by atomic mass is 35.5. The maximum Gasteiger partial charge on any atom is 0.285 e. The summed E-state index contributed by atoms with van der Waals surface area (Å²) in [4.78, 5) is 27.7. The largest absolute Gasteiger partial charge is 0.378 e. The second-order valence-electron chi connectivity index (χ2n) is 7.96. The SMILES string of the molecule is CN1CCc2cc(NC(=O)C3(NC(=O)c4ccc(Cl)s4)CCOC3)ccc2C(F)(F)C1. The molecule has 2 aliphatic rings. The fourth-order valence-electron chi connectivity index (χ4n) is 3.92. The number of thiophene rings is 1. The van der Waals surface area contributed by atoms with E-state index in [1.165, 1.54) is 12.1 Å². The summed E-state index contributed by atoms with van der Waals surface area (Å²) >= 11 is 7.02. The topological polar surface area (TPSA) is 70.7 Å². The first-order valence-electron chi connectivity index (χ1n) is 9.85. The van der Waals surface area contributed by atoms with Crippen molar-refractivity contribution in [3.8, 4) is 0 Å². The van der Waals surface area contributed by atoms with Crippen molar-refractivity contribution in [2.75, 3.05) is 38.7 Å². The summed E-state index contributed by atoms with van der Waals surface area (Å²) in [5.41, 5.74) is -0.355. The Morgan fingerprint density at radius 3 is 2.74 bits per heavy atom. The van der Waals surface area contributed by atoms with Gasteiger partial charge in [0, 0.05) is 30.8 Å². The zero-order chi connectivity index (χ0) is 22.2. The van der Waals surface area contributed by atoms with Gasteiger partial charge in [0.1, 0.15) is 5.54 Å². The van der Waals surface area contributed by atoms with Gasteiger partial charge in [0.2, 0.25) is 0 Å². The number of alkyl halides is 2. The molecule has 1 fully saturated rings. The molecule has 6 nitrogen and oxygen atoms in total. The molecule has 0 saturated carbocycles. The highest BCUT2D eigenvalue weighted by Crippen LogP contribution is 2.35. The summed E-state index contributed by atoms with van der Waals surface area (Å²) < 4.78 is 34.9. The third-order valence-electron chi connectivity index (χ3n) is 5.59. The molecule has 10 heteroatoms. The van der Waals surface area contributed by atoms with Gasteiger partial charge in [0.05, 0.1) is 22.4 Å². The highest BCUT2D eigenvalue weighted by Gasteiger charge is 2.44. The minimum absolute atomic E-state index is 0.0170. The Kier molecular flexibility index (Phi) is 6.04. The number of carbonyl (C=O) groups is 2. The van der Waals surface area contributed by atoms with E-state index in [0.717, 1.165) is 11.3 Å². The van der Waals surface area contributed by atoms with Crippen molar-refractivity contribution >= 4 is 40.4 Å². The van der Waals surface area contributed by atoms with Crippen LogP contribution in [0.1, 0.15) is 27.2 Å². The summed E-state index contributed by atoms with van der Waals surface area (Å²) in [5.74, 6) is -3.82. The van der Waals surface area contributed by atoms with Gasteiger partial charge in [-0.1, -0.05) is 17.7 Å². The van der Waals surface area contributed by atoms with Crippen molar-refractivity contribution in [3.63, 3.8) is 0 Å². The fourth-order valence-corrected chi connectivity index (χ4v) is 4.85. The van der Waals surface area contributed by atoms with Crippen LogP contribution in [-0.2, 0) is 21.9 Å². The van der Waals surface area contributed by atoms with Gasteiger partial charge >= 0.3 is 0 Å². The highest BCUT2D eigenvalue weighted by molar-refractivity contribution is 7.18. The fraction of sp³-hybridized carbons (Fsp3) is 0.429. The van der Waals surface area contributed by atoms with Gasteiger partial charge in [-0.2, -0.15) is 8.78 Å². The molecule has 2 aliphatic heterocycles. The van der Waals surface area contributed by atoms with Gasteiger partial charge in [-0.3, -0.25) is 14.5 Å². The third-order valence-corrected chi connectivity index (χ3v) is 6.82. The number of nitrogens with zero attached hydrogens (tertiary/aromatic N) is 1. The first-order valence-corrected chi connectivity index (χ1v) is 11.0. The summed E-state index contributed by atoms with van der Waals surface area (Å²) in [6, 6.07) is 7.63. The van der Waals surface area contributed by atoms with Gasteiger partial charge in [-0.15, -0.1) is 11.3 Å². The minimum Gasteiger partial charge on any atom is -0.378 e. The van der Waals surface area contributed by atoms with Crippen LogP contribution in [0.3, 0.4) is 0 Å². The lowest BCUT2D eigenvalue weighted by atomic mass is 9.96. The molecule has 0 radical (unpaired) electrons. The van der Waals surface area contributed by atoms with Gasteiger partial charge in [-0.05, 0) is 43.3 Å². The molecular formula is C21H22ClF2N3O3S. The van der Waals surface area contributed by atoms with Crippen LogP contribution in [0.5, 0.6) is 0 Å². The number of fused-ring (bicyclic) bond motifs is 1. The summed E-state index contributed by atoms with van der Waals surface area (Å²) in [5, 5.41) is 5.56. The molecule has 166 valence electrons. The lowest BCUT2D eigenvalue weighted by Gasteiger charge is -2.27. The number of amides is 2. The first kappa shape index (κ1) is 22.1. The molecule has 0 spiro atoms. The number of ether oxygens (including phenoxy) is 1. The molecule has 0 bridgehead atoms. The van der Waals surface area contributed by atoms with Crippen LogP contribution >= 0.6 is 22.9 Å². The van der Waals surface area contributed by atoms with Crippen LogP contribution in [0.4, 0.5) is 14.5 Å². The van der Waals surface area contributed by atoms with E-state index in [9.17, 15) is 18.4 Å². The van der Waals surface area contributed by atoms with E-state index < -0.39 is 23.3 Å². The van der Waals surface area contributed by atoms with Crippen LogP contribution in [-0.4, -0.2) is 55.6 Å². The number of rotatable bonds is 4. The molecule has 1 saturated heterocycles. The normalized spacial score (nSPS) is 23.1. The van der Waals surface area contributed by atoms with Crippen molar-refractivity contribution in [2.24, 2.45) is 0 Å². The number of carbonyl (C=O) groups excluding carboxylic acids is 2. The molecule has 1 aromatic carbocycles. The maximum absolute atomic E-state index is 14.5. The molecule has 1 atom stereocenters. The summed E-state index contributed by atoms with van der Waals surface area (Å²) in [6.45, 7) is 0.501. The van der Waals surface area contributed by atoms with E-state index in [1.807, 2.05) is 0 Å². The second-order valence-corrected chi connectivity index (χ2v) is 9.68. The number of halogens is 3. The summed E-state index contributed by atoms with van der Waals surface area (Å²) in [7, 11) is 1.66. The predicted molar refractivity (Wildman–Crippen MR) is 115 cm³/mol. The van der Waals surface area contributed by atoms with Crippen molar-refractivity contribution in [1.82, 2.24) is 10.2 Å². The molecule has 31 heavy (non-hydrogen) atoms. The number of anilines is 1. The van der Waals surface area contributed by atoms with Gasteiger partial charge in [-0.25, -0.2) is 0 Å². The van der Waals surface area contributed by atoms with Gasteiger partial charge in [0.25, 0.3) is 17.7 Å². The van der Waals surface area contributed by atoms with Crippen molar-refractivity contribution in [1.29, 1.82) is 0 Å². The number of benzene rings is 1. The zero-order valence-corrected chi connectivity index (χ0v) is 18.4. The molecular weight excluding hydrogens is 448 g/mol. The number of hydrogen-bond acceptors (Lipinski definition) is 5. The minimum atomic E-state index is -2.96. The lowest BCUT2D eigenvalue weighted by molar-refractivity contribution is -0.122. The van der Waals surface area contributed by atoms with E-state index in [4.69, 9.17) is 16.3 Å². The Hall–Kier alpha value is -2.07. The van der Waals surface area contributed by atoms with Crippen molar-refractivity contribution < 1.29 is 23.1 Å². The molecule has 2 N–H and O–H groups in total. The Labute approximate surface area is 187 Å². The Morgan fingerprint density at radius 2 is 2.06 bits per heavy atom. The van der Waals surface area contributed by atoms with Crippen LogP contribution in [0, 0.1) is 0 Å². The predicted octanol–water partition coefficient (Wildman–Crippen LogP) is 3.51. The Balaban J connectivity index is 1.54. The summed E-state index contributed by atoms with van der Waals surface area (Å²) in [6.07, 6.45) is 0.757. The molecule has 1 unspecified atom stereocenters. The van der Waals surface area contributed by atoms with Crippen molar-refractivity contribution in [3.05, 3.63) is 50.7 Å². The lowest BCUT2D eigenvalue weighted by Crippen LogP contribution is -2.57. The van der Waals surface area contributed by atoms with Gasteiger partial charge in [0.15, 0.2) is 0 Å². The number of likely N-dealkylation sites (N-methyl/N-ethyl adjacent to an activating group) is 1.